The largest absolute Gasteiger partial charge is 0.496 e. The Bertz CT molecular complexity index is 579. The van der Waals surface area contributed by atoms with Crippen molar-refractivity contribution in [3.8, 4) is 11.5 Å². The highest BCUT2D eigenvalue weighted by molar-refractivity contribution is 9.10. The molecule has 0 spiro atoms. The Balaban J connectivity index is 2.18. The predicted molar refractivity (Wildman–Crippen MR) is 90.0 cm³/mol. The van der Waals surface area contributed by atoms with Crippen LogP contribution in [-0.2, 0) is 13.0 Å². The Labute approximate surface area is 135 Å². The van der Waals surface area contributed by atoms with Crippen LogP contribution in [0.25, 0.3) is 0 Å². The zero-order valence-electron chi connectivity index (χ0n) is 12.7. The van der Waals surface area contributed by atoms with Gasteiger partial charge in [-0.15, -0.1) is 0 Å². The molecule has 0 saturated carbocycles. The van der Waals surface area contributed by atoms with Gasteiger partial charge in [0.2, 0.25) is 0 Å². The van der Waals surface area contributed by atoms with Crippen LogP contribution >= 0.6 is 15.9 Å². The van der Waals surface area contributed by atoms with Crippen molar-refractivity contribution in [3.63, 3.8) is 0 Å². The minimum atomic E-state index is 0.562. The predicted octanol–water partition coefficient (Wildman–Crippen LogP) is 5.24. The SMILES string of the molecule is COc1cc(Br)c(OCc2ccccc2)cc1CC(C)C. The molecule has 0 heterocycles. The van der Waals surface area contributed by atoms with Gasteiger partial charge in [-0.3, -0.25) is 0 Å². The van der Waals surface area contributed by atoms with Crippen molar-refractivity contribution >= 4 is 15.9 Å². The Morgan fingerprint density at radius 3 is 2.38 bits per heavy atom. The molecule has 112 valence electrons. The van der Waals surface area contributed by atoms with Crippen LogP contribution in [0.2, 0.25) is 0 Å². The molecule has 2 nitrogen and oxygen atoms in total. The van der Waals surface area contributed by atoms with Crippen molar-refractivity contribution in [3.05, 3.63) is 58.1 Å². The van der Waals surface area contributed by atoms with E-state index in [4.69, 9.17) is 9.47 Å². The molecule has 3 heteroatoms. The molecule has 0 amide bonds. The highest BCUT2D eigenvalue weighted by atomic mass is 79.9. The fourth-order valence-corrected chi connectivity index (χ4v) is 2.65. The highest BCUT2D eigenvalue weighted by Gasteiger charge is 2.11. The summed E-state index contributed by atoms with van der Waals surface area (Å²) < 4.78 is 12.3. The van der Waals surface area contributed by atoms with Gasteiger partial charge in [0.05, 0.1) is 11.6 Å². The van der Waals surface area contributed by atoms with E-state index >= 15 is 0 Å². The highest BCUT2D eigenvalue weighted by Crippen LogP contribution is 2.34. The first-order chi connectivity index (χ1) is 10.1. The van der Waals surface area contributed by atoms with Crippen molar-refractivity contribution in [2.24, 2.45) is 5.92 Å². The maximum atomic E-state index is 5.94. The van der Waals surface area contributed by atoms with Crippen molar-refractivity contribution < 1.29 is 9.47 Å². The quantitative estimate of drug-likeness (QED) is 0.710. The summed E-state index contributed by atoms with van der Waals surface area (Å²) >= 11 is 3.56. The number of rotatable bonds is 6. The van der Waals surface area contributed by atoms with E-state index in [1.54, 1.807) is 7.11 Å². The van der Waals surface area contributed by atoms with Gasteiger partial charge in [-0.2, -0.15) is 0 Å². The van der Waals surface area contributed by atoms with Gasteiger partial charge in [-0.25, -0.2) is 0 Å². The van der Waals surface area contributed by atoms with E-state index in [9.17, 15) is 0 Å². The molecule has 0 unspecified atom stereocenters. The molecule has 0 aliphatic rings. The van der Waals surface area contributed by atoms with Crippen molar-refractivity contribution in [2.75, 3.05) is 7.11 Å². The molecule has 0 aliphatic carbocycles. The molecular formula is C18H21BrO2. The van der Waals surface area contributed by atoms with Crippen LogP contribution in [0, 0.1) is 5.92 Å². The lowest BCUT2D eigenvalue weighted by molar-refractivity contribution is 0.302. The molecular weight excluding hydrogens is 328 g/mol. The molecule has 21 heavy (non-hydrogen) atoms. The first-order valence-electron chi connectivity index (χ1n) is 7.13. The van der Waals surface area contributed by atoms with Gasteiger partial charge >= 0.3 is 0 Å². The molecule has 0 saturated heterocycles. The molecule has 0 aliphatic heterocycles. The average Bonchev–Trinajstić information content (AvgIpc) is 2.47. The van der Waals surface area contributed by atoms with Crippen molar-refractivity contribution in [1.82, 2.24) is 0 Å². The van der Waals surface area contributed by atoms with Crippen LogP contribution in [0.3, 0.4) is 0 Å². The smallest absolute Gasteiger partial charge is 0.134 e. The number of hydrogen-bond acceptors (Lipinski definition) is 2. The summed E-state index contributed by atoms with van der Waals surface area (Å²) in [7, 11) is 1.70. The summed E-state index contributed by atoms with van der Waals surface area (Å²) in [5.41, 5.74) is 2.34. The Hall–Kier alpha value is -1.48. The van der Waals surface area contributed by atoms with Gasteiger partial charge in [0, 0.05) is 0 Å². The van der Waals surface area contributed by atoms with Gasteiger partial charge in [-0.1, -0.05) is 44.2 Å². The fraction of sp³-hybridized carbons (Fsp3) is 0.333. The van der Waals surface area contributed by atoms with Crippen LogP contribution in [0.15, 0.2) is 46.9 Å². The average molecular weight is 349 g/mol. The molecule has 2 aromatic rings. The molecule has 0 N–H and O–H groups in total. The van der Waals surface area contributed by atoms with Gasteiger partial charge in [0.15, 0.2) is 0 Å². The molecule has 0 aromatic heterocycles. The lowest BCUT2D eigenvalue weighted by atomic mass is 10.0. The third kappa shape index (κ3) is 4.50. The van der Waals surface area contributed by atoms with Gasteiger partial charge < -0.3 is 9.47 Å². The second-order valence-electron chi connectivity index (χ2n) is 5.47. The molecule has 2 aromatic carbocycles. The number of halogens is 1. The minimum Gasteiger partial charge on any atom is -0.496 e. The van der Waals surface area contributed by atoms with Crippen molar-refractivity contribution in [2.45, 2.75) is 26.9 Å². The summed E-state index contributed by atoms with van der Waals surface area (Å²) in [5.74, 6) is 2.33. The van der Waals surface area contributed by atoms with Crippen LogP contribution in [0.5, 0.6) is 11.5 Å². The first kappa shape index (κ1) is 15.9. The van der Waals surface area contributed by atoms with Gasteiger partial charge in [0.1, 0.15) is 18.1 Å². The normalized spacial score (nSPS) is 10.7. The molecule has 0 radical (unpaired) electrons. The Kier molecular flexibility index (Phi) is 5.68. The zero-order chi connectivity index (χ0) is 15.2. The molecule has 0 atom stereocenters. The third-order valence-corrected chi connectivity index (χ3v) is 3.82. The number of ether oxygens (including phenoxy) is 2. The van der Waals surface area contributed by atoms with E-state index in [1.807, 2.05) is 24.3 Å². The lowest BCUT2D eigenvalue weighted by Gasteiger charge is -2.15. The maximum Gasteiger partial charge on any atom is 0.134 e. The third-order valence-electron chi connectivity index (χ3n) is 3.20. The van der Waals surface area contributed by atoms with Gasteiger partial charge in [-0.05, 0) is 51.5 Å². The fourth-order valence-electron chi connectivity index (χ4n) is 2.21. The monoisotopic (exact) mass is 348 g/mol. The standard InChI is InChI=1S/C18H21BrO2/c1-13(2)9-15-10-18(16(19)11-17(15)20-3)21-12-14-7-5-4-6-8-14/h4-8,10-11,13H,9,12H2,1-3H3. The molecule has 0 bridgehead atoms. The summed E-state index contributed by atoms with van der Waals surface area (Å²) in [5, 5.41) is 0. The maximum absolute atomic E-state index is 5.94. The van der Waals surface area contributed by atoms with Gasteiger partial charge in [0.25, 0.3) is 0 Å². The van der Waals surface area contributed by atoms with E-state index in [0.717, 1.165) is 28.0 Å². The Morgan fingerprint density at radius 1 is 1.05 bits per heavy atom. The zero-order valence-corrected chi connectivity index (χ0v) is 14.3. The first-order valence-corrected chi connectivity index (χ1v) is 7.92. The second-order valence-corrected chi connectivity index (χ2v) is 6.32. The van der Waals surface area contributed by atoms with E-state index in [1.165, 1.54) is 5.56 Å². The number of methoxy groups -OCH3 is 1. The summed E-state index contributed by atoms with van der Waals surface area (Å²) in [6.45, 7) is 4.96. The topological polar surface area (TPSA) is 18.5 Å². The van der Waals surface area contributed by atoms with Crippen LogP contribution in [0.4, 0.5) is 0 Å². The summed E-state index contributed by atoms with van der Waals surface area (Å²) in [6.07, 6.45) is 0.970. The minimum absolute atomic E-state index is 0.562. The second kappa shape index (κ2) is 7.51. The molecule has 0 fully saturated rings. The van der Waals surface area contributed by atoms with Crippen molar-refractivity contribution in [1.29, 1.82) is 0 Å². The molecule has 2 rings (SSSR count). The van der Waals surface area contributed by atoms with Crippen LogP contribution in [0.1, 0.15) is 25.0 Å². The van der Waals surface area contributed by atoms with Crippen LogP contribution < -0.4 is 9.47 Å². The summed E-state index contributed by atoms with van der Waals surface area (Å²) in [6, 6.07) is 14.2. The Morgan fingerprint density at radius 2 is 1.76 bits per heavy atom. The van der Waals surface area contributed by atoms with E-state index in [2.05, 4.69) is 48.0 Å². The number of hydrogen-bond donors (Lipinski definition) is 0. The van der Waals surface area contributed by atoms with E-state index < -0.39 is 0 Å². The number of benzene rings is 2. The lowest BCUT2D eigenvalue weighted by Crippen LogP contribution is -2.01. The van der Waals surface area contributed by atoms with E-state index in [-0.39, 0.29) is 0 Å². The van der Waals surface area contributed by atoms with Crippen LogP contribution in [-0.4, -0.2) is 7.11 Å². The summed E-state index contributed by atoms with van der Waals surface area (Å²) in [4.78, 5) is 0. The van der Waals surface area contributed by atoms with E-state index in [0.29, 0.717) is 12.5 Å².